The molecule has 1 amide bonds. The number of sulfonamides is 1. The Bertz CT molecular complexity index is 976. The number of nitrogens with one attached hydrogen (secondary N) is 1. The lowest BCUT2D eigenvalue weighted by Crippen LogP contribution is -2.38. The molecule has 0 aromatic heterocycles. The van der Waals surface area contributed by atoms with E-state index in [9.17, 15) is 13.2 Å². The Kier molecular flexibility index (Phi) is 7.15. The number of methoxy groups -OCH3 is 1. The first-order chi connectivity index (χ1) is 14.3. The van der Waals surface area contributed by atoms with Gasteiger partial charge in [-0.2, -0.15) is 4.31 Å². The lowest BCUT2D eigenvalue weighted by atomic mass is 9.87. The summed E-state index contributed by atoms with van der Waals surface area (Å²) in [7, 11) is -0.898. The molecule has 1 saturated carbocycles. The number of benzene rings is 2. The average Bonchev–Trinajstić information content (AvgIpc) is 2.74. The summed E-state index contributed by atoms with van der Waals surface area (Å²) in [6.07, 6.45) is 4.19. The molecule has 7 heteroatoms. The van der Waals surface area contributed by atoms with Gasteiger partial charge in [0.15, 0.2) is 0 Å². The van der Waals surface area contributed by atoms with Crippen LogP contribution in [0.15, 0.2) is 53.4 Å². The first kappa shape index (κ1) is 22.3. The molecule has 0 saturated heterocycles. The highest BCUT2D eigenvalue weighted by Crippen LogP contribution is 2.29. The van der Waals surface area contributed by atoms with Gasteiger partial charge in [-0.25, -0.2) is 8.42 Å². The zero-order valence-electron chi connectivity index (χ0n) is 17.8. The number of carbonyl (C=O) groups excluding carboxylic acids is 1. The van der Waals surface area contributed by atoms with Gasteiger partial charge in [-0.15, -0.1) is 0 Å². The van der Waals surface area contributed by atoms with Gasteiger partial charge in [0.25, 0.3) is 5.91 Å². The summed E-state index contributed by atoms with van der Waals surface area (Å²) in [5.41, 5.74) is 1.20. The number of nitrogens with zero attached hydrogens (tertiary/aromatic N) is 1. The predicted octanol–water partition coefficient (Wildman–Crippen LogP) is 3.82. The minimum absolute atomic E-state index is 0.00640. The van der Waals surface area contributed by atoms with Crippen molar-refractivity contribution >= 4 is 15.9 Å². The summed E-state index contributed by atoms with van der Waals surface area (Å²) in [5, 5.41) is 3.06. The molecule has 3 rings (SSSR count). The van der Waals surface area contributed by atoms with E-state index < -0.39 is 10.0 Å². The molecule has 1 aliphatic rings. The van der Waals surface area contributed by atoms with Crippen LogP contribution in [0.3, 0.4) is 0 Å². The summed E-state index contributed by atoms with van der Waals surface area (Å²) in [6.45, 7) is 2.42. The normalized spacial score (nSPS) is 19.5. The molecule has 162 valence electrons. The largest absolute Gasteiger partial charge is 0.495 e. The smallest absolute Gasteiger partial charge is 0.251 e. The van der Waals surface area contributed by atoms with Crippen molar-refractivity contribution < 1.29 is 17.9 Å². The standard InChI is InChI=1S/C23H30N2O4S/c1-17-8-7-11-20(14-17)24-23(26)19-12-13-21(29-3)22(15-19)30(27,28)25(2)16-18-9-5-4-6-10-18/h4-6,9-10,12-13,15,17,20H,7-8,11,14,16H2,1-3H3,(H,24,26). The van der Waals surface area contributed by atoms with Crippen LogP contribution in [0.5, 0.6) is 5.75 Å². The van der Waals surface area contributed by atoms with Gasteiger partial charge < -0.3 is 10.1 Å². The van der Waals surface area contributed by atoms with Crippen LogP contribution >= 0.6 is 0 Å². The maximum absolute atomic E-state index is 13.2. The van der Waals surface area contributed by atoms with E-state index in [1.807, 2.05) is 30.3 Å². The Morgan fingerprint density at radius 3 is 2.57 bits per heavy atom. The molecule has 0 bridgehead atoms. The Labute approximate surface area is 179 Å². The van der Waals surface area contributed by atoms with Gasteiger partial charge in [-0.1, -0.05) is 50.1 Å². The second-order valence-electron chi connectivity index (χ2n) is 8.05. The van der Waals surface area contributed by atoms with Crippen LogP contribution in [0.4, 0.5) is 0 Å². The lowest BCUT2D eigenvalue weighted by molar-refractivity contribution is 0.0921. The number of hydrogen-bond acceptors (Lipinski definition) is 4. The molecule has 2 aromatic carbocycles. The molecule has 2 atom stereocenters. The van der Waals surface area contributed by atoms with Crippen LogP contribution in [0.2, 0.25) is 0 Å². The van der Waals surface area contributed by atoms with Crippen LogP contribution in [0.25, 0.3) is 0 Å². The van der Waals surface area contributed by atoms with Gasteiger partial charge in [0.1, 0.15) is 10.6 Å². The SMILES string of the molecule is COc1ccc(C(=O)NC2CCCC(C)C2)cc1S(=O)(=O)N(C)Cc1ccccc1. The highest BCUT2D eigenvalue weighted by Gasteiger charge is 2.27. The van der Waals surface area contributed by atoms with Gasteiger partial charge in [0, 0.05) is 25.2 Å². The second kappa shape index (κ2) is 9.62. The van der Waals surface area contributed by atoms with Crippen molar-refractivity contribution in [3.8, 4) is 5.75 Å². The fraction of sp³-hybridized carbons (Fsp3) is 0.435. The zero-order chi connectivity index (χ0) is 21.7. The van der Waals surface area contributed by atoms with E-state index in [1.54, 1.807) is 12.1 Å². The molecular formula is C23H30N2O4S. The van der Waals surface area contributed by atoms with Crippen molar-refractivity contribution in [2.24, 2.45) is 5.92 Å². The van der Waals surface area contributed by atoms with E-state index in [2.05, 4.69) is 12.2 Å². The van der Waals surface area contributed by atoms with Crippen LogP contribution in [-0.4, -0.2) is 38.8 Å². The zero-order valence-corrected chi connectivity index (χ0v) is 18.6. The molecule has 1 aliphatic carbocycles. The van der Waals surface area contributed by atoms with Gasteiger partial charge in [0.2, 0.25) is 10.0 Å². The third-order valence-electron chi connectivity index (χ3n) is 5.63. The summed E-state index contributed by atoms with van der Waals surface area (Å²) >= 11 is 0. The van der Waals surface area contributed by atoms with Crippen LogP contribution in [0.1, 0.15) is 48.5 Å². The fourth-order valence-electron chi connectivity index (χ4n) is 3.95. The Balaban J connectivity index is 1.83. The summed E-state index contributed by atoms with van der Waals surface area (Å²) in [4.78, 5) is 12.8. The Morgan fingerprint density at radius 1 is 1.17 bits per heavy atom. The van der Waals surface area contributed by atoms with Crippen molar-refractivity contribution in [1.82, 2.24) is 9.62 Å². The fourth-order valence-corrected chi connectivity index (χ4v) is 5.28. The van der Waals surface area contributed by atoms with E-state index in [-0.39, 0.29) is 29.1 Å². The minimum atomic E-state index is -3.85. The molecule has 0 heterocycles. The molecular weight excluding hydrogens is 400 g/mol. The maximum Gasteiger partial charge on any atom is 0.251 e. The van der Waals surface area contributed by atoms with Crippen LogP contribution in [0, 0.1) is 5.92 Å². The Morgan fingerprint density at radius 2 is 1.90 bits per heavy atom. The van der Waals surface area contributed by atoms with Gasteiger partial charge in [-0.05, 0) is 42.5 Å². The van der Waals surface area contributed by atoms with E-state index in [0.29, 0.717) is 11.5 Å². The van der Waals surface area contributed by atoms with Gasteiger partial charge in [0.05, 0.1) is 7.11 Å². The number of hydrogen-bond donors (Lipinski definition) is 1. The second-order valence-corrected chi connectivity index (χ2v) is 10.1. The van der Waals surface area contributed by atoms with E-state index in [1.165, 1.54) is 30.9 Å². The molecule has 1 N–H and O–H groups in total. The molecule has 0 spiro atoms. The van der Waals surface area contributed by atoms with Gasteiger partial charge in [-0.3, -0.25) is 4.79 Å². The van der Waals surface area contributed by atoms with Crippen molar-refractivity contribution in [2.75, 3.05) is 14.2 Å². The summed E-state index contributed by atoms with van der Waals surface area (Å²) < 4.78 is 33.0. The molecule has 30 heavy (non-hydrogen) atoms. The maximum atomic E-state index is 13.2. The predicted molar refractivity (Wildman–Crippen MR) is 117 cm³/mol. The molecule has 2 unspecified atom stereocenters. The third-order valence-corrected chi connectivity index (χ3v) is 7.46. The molecule has 2 aromatic rings. The van der Waals surface area contributed by atoms with Crippen molar-refractivity contribution in [3.05, 3.63) is 59.7 Å². The summed E-state index contributed by atoms with van der Waals surface area (Å²) in [5.74, 6) is 0.555. The lowest BCUT2D eigenvalue weighted by Gasteiger charge is -2.27. The summed E-state index contributed by atoms with van der Waals surface area (Å²) in [6, 6.07) is 14.1. The van der Waals surface area contributed by atoms with Crippen molar-refractivity contribution in [1.29, 1.82) is 0 Å². The number of ether oxygens (including phenoxy) is 1. The quantitative estimate of drug-likeness (QED) is 0.724. The van der Waals surface area contributed by atoms with Crippen LogP contribution < -0.4 is 10.1 Å². The number of rotatable bonds is 7. The van der Waals surface area contributed by atoms with E-state index >= 15 is 0 Å². The molecule has 6 nitrogen and oxygen atoms in total. The molecule has 1 fully saturated rings. The highest BCUT2D eigenvalue weighted by atomic mass is 32.2. The van der Waals surface area contributed by atoms with E-state index in [0.717, 1.165) is 24.8 Å². The monoisotopic (exact) mass is 430 g/mol. The first-order valence-corrected chi connectivity index (χ1v) is 11.7. The molecule has 0 aliphatic heterocycles. The first-order valence-electron chi connectivity index (χ1n) is 10.3. The number of amides is 1. The molecule has 0 radical (unpaired) electrons. The minimum Gasteiger partial charge on any atom is -0.495 e. The van der Waals surface area contributed by atoms with Crippen LogP contribution in [-0.2, 0) is 16.6 Å². The van der Waals surface area contributed by atoms with Gasteiger partial charge >= 0.3 is 0 Å². The highest BCUT2D eigenvalue weighted by molar-refractivity contribution is 7.89. The van der Waals surface area contributed by atoms with Crippen molar-refractivity contribution in [2.45, 2.75) is 50.1 Å². The van der Waals surface area contributed by atoms with Crippen molar-refractivity contribution in [3.63, 3.8) is 0 Å². The third kappa shape index (κ3) is 5.21. The van der Waals surface area contributed by atoms with E-state index in [4.69, 9.17) is 4.74 Å². The Hall–Kier alpha value is -2.38. The average molecular weight is 431 g/mol. The topological polar surface area (TPSA) is 75.7 Å². The number of carbonyl (C=O) groups is 1.